The van der Waals surface area contributed by atoms with Gasteiger partial charge in [0.1, 0.15) is 0 Å². The standard InChI is InChI=1S/C12H26OSi/c1-9(2)14(10(3)4,11(5)6)8-12-7-13-12/h9-12H,7-8H2,1-6H3. The van der Waals surface area contributed by atoms with Crippen molar-refractivity contribution in [3.63, 3.8) is 0 Å². The average Bonchev–Trinajstić information content (AvgIpc) is 2.80. The van der Waals surface area contributed by atoms with Crippen LogP contribution in [0.4, 0.5) is 0 Å². The van der Waals surface area contributed by atoms with Gasteiger partial charge in [-0.15, -0.1) is 0 Å². The van der Waals surface area contributed by atoms with Gasteiger partial charge in [-0.3, -0.25) is 0 Å². The minimum absolute atomic E-state index is 0.619. The van der Waals surface area contributed by atoms with E-state index in [2.05, 4.69) is 41.5 Å². The monoisotopic (exact) mass is 214 g/mol. The van der Waals surface area contributed by atoms with Gasteiger partial charge in [-0.1, -0.05) is 58.2 Å². The number of hydrogen-bond donors (Lipinski definition) is 0. The van der Waals surface area contributed by atoms with Crippen LogP contribution in [0.25, 0.3) is 0 Å². The summed E-state index contributed by atoms with van der Waals surface area (Å²) >= 11 is 0. The van der Waals surface area contributed by atoms with Crippen molar-refractivity contribution in [1.29, 1.82) is 0 Å². The van der Waals surface area contributed by atoms with Crippen LogP contribution < -0.4 is 0 Å². The number of ether oxygens (including phenoxy) is 1. The minimum atomic E-state index is -1.15. The number of hydrogen-bond acceptors (Lipinski definition) is 1. The smallest absolute Gasteiger partial charge is 0.0787 e. The molecule has 0 spiro atoms. The van der Waals surface area contributed by atoms with E-state index in [1.807, 2.05) is 0 Å². The Bertz CT molecular complexity index is 161. The van der Waals surface area contributed by atoms with Gasteiger partial charge in [-0.2, -0.15) is 0 Å². The third-order valence-electron chi connectivity index (χ3n) is 4.21. The van der Waals surface area contributed by atoms with E-state index in [1.54, 1.807) is 0 Å². The normalized spacial score (nSPS) is 22.5. The van der Waals surface area contributed by atoms with Gasteiger partial charge in [0.25, 0.3) is 0 Å². The second-order valence-corrected chi connectivity index (χ2v) is 11.8. The van der Waals surface area contributed by atoms with Gasteiger partial charge < -0.3 is 4.74 Å². The van der Waals surface area contributed by atoms with Crippen LogP contribution in [0.3, 0.4) is 0 Å². The average molecular weight is 214 g/mol. The molecule has 0 saturated carbocycles. The van der Waals surface area contributed by atoms with E-state index in [4.69, 9.17) is 4.74 Å². The maximum absolute atomic E-state index is 5.45. The molecule has 84 valence electrons. The Kier molecular flexibility index (Phi) is 3.81. The van der Waals surface area contributed by atoms with E-state index in [-0.39, 0.29) is 0 Å². The van der Waals surface area contributed by atoms with Crippen molar-refractivity contribution >= 4 is 8.07 Å². The first-order valence-corrected chi connectivity index (χ1v) is 8.46. The highest BCUT2D eigenvalue weighted by atomic mass is 28.3. The van der Waals surface area contributed by atoms with Crippen molar-refractivity contribution in [2.75, 3.05) is 6.61 Å². The molecule has 1 rings (SSSR count). The fourth-order valence-corrected chi connectivity index (χ4v) is 9.73. The SMILES string of the molecule is CC(C)[Si](CC1CO1)(C(C)C)C(C)C. The molecule has 0 radical (unpaired) electrons. The Labute approximate surface area is 90.2 Å². The molecule has 1 heterocycles. The molecular weight excluding hydrogens is 188 g/mol. The van der Waals surface area contributed by atoms with E-state index >= 15 is 0 Å². The third kappa shape index (κ3) is 2.22. The van der Waals surface area contributed by atoms with E-state index in [0.717, 1.165) is 23.2 Å². The van der Waals surface area contributed by atoms with Gasteiger partial charge in [0, 0.05) is 0 Å². The molecule has 1 aliphatic heterocycles. The second kappa shape index (κ2) is 4.36. The first-order chi connectivity index (χ1) is 6.41. The van der Waals surface area contributed by atoms with Crippen molar-refractivity contribution in [3.8, 4) is 0 Å². The molecule has 1 aliphatic rings. The molecule has 0 bridgehead atoms. The number of rotatable bonds is 5. The third-order valence-corrected chi connectivity index (χ3v) is 11.8. The summed E-state index contributed by atoms with van der Waals surface area (Å²) in [6.07, 6.45) is 0.619. The van der Waals surface area contributed by atoms with Crippen LogP contribution in [0.1, 0.15) is 41.5 Å². The van der Waals surface area contributed by atoms with E-state index in [9.17, 15) is 0 Å². The van der Waals surface area contributed by atoms with Gasteiger partial charge >= 0.3 is 0 Å². The van der Waals surface area contributed by atoms with Crippen molar-refractivity contribution in [2.45, 2.75) is 70.3 Å². The van der Waals surface area contributed by atoms with Crippen LogP contribution in [0.2, 0.25) is 22.7 Å². The first kappa shape index (κ1) is 12.2. The van der Waals surface area contributed by atoms with Crippen molar-refractivity contribution in [1.82, 2.24) is 0 Å². The van der Waals surface area contributed by atoms with Crippen LogP contribution in [0.5, 0.6) is 0 Å². The maximum Gasteiger partial charge on any atom is 0.0787 e. The molecule has 0 amide bonds. The summed E-state index contributed by atoms with van der Waals surface area (Å²) in [6.45, 7) is 15.6. The molecule has 1 atom stereocenters. The molecule has 1 saturated heterocycles. The van der Waals surface area contributed by atoms with Gasteiger partial charge in [0.2, 0.25) is 0 Å². The van der Waals surface area contributed by atoms with Crippen molar-refractivity contribution in [2.24, 2.45) is 0 Å². The summed E-state index contributed by atoms with van der Waals surface area (Å²) in [5.74, 6) is 0. The van der Waals surface area contributed by atoms with E-state index in [0.29, 0.717) is 6.10 Å². The maximum atomic E-state index is 5.45. The summed E-state index contributed by atoms with van der Waals surface area (Å²) in [4.78, 5) is 0. The van der Waals surface area contributed by atoms with Crippen LogP contribution in [0.15, 0.2) is 0 Å². The summed E-state index contributed by atoms with van der Waals surface area (Å²) in [5.41, 5.74) is 2.64. The second-order valence-electron chi connectivity index (χ2n) is 5.74. The highest BCUT2D eigenvalue weighted by Gasteiger charge is 2.46. The lowest BCUT2D eigenvalue weighted by atomic mass is 10.5. The zero-order chi connectivity index (χ0) is 10.9. The highest BCUT2D eigenvalue weighted by molar-refractivity contribution is 6.83. The van der Waals surface area contributed by atoms with E-state index < -0.39 is 8.07 Å². The lowest BCUT2D eigenvalue weighted by Gasteiger charge is -2.43. The van der Waals surface area contributed by atoms with Gasteiger partial charge in [0.05, 0.1) is 20.8 Å². The molecule has 0 aromatic heterocycles. The predicted molar refractivity (Wildman–Crippen MR) is 65.6 cm³/mol. The lowest BCUT2D eigenvalue weighted by molar-refractivity contribution is 0.419. The summed E-state index contributed by atoms with van der Waals surface area (Å²) < 4.78 is 5.45. The van der Waals surface area contributed by atoms with E-state index in [1.165, 1.54) is 6.04 Å². The van der Waals surface area contributed by atoms with Crippen molar-refractivity contribution in [3.05, 3.63) is 0 Å². The van der Waals surface area contributed by atoms with Crippen molar-refractivity contribution < 1.29 is 4.74 Å². The van der Waals surface area contributed by atoms with Crippen LogP contribution in [-0.4, -0.2) is 20.8 Å². The first-order valence-electron chi connectivity index (χ1n) is 6.02. The summed E-state index contributed by atoms with van der Waals surface area (Å²) in [7, 11) is -1.15. The molecule has 0 aliphatic carbocycles. The largest absolute Gasteiger partial charge is 0.373 e. The Morgan fingerprint density at radius 1 is 1.00 bits per heavy atom. The predicted octanol–water partition coefficient (Wildman–Crippen LogP) is 4.06. The Morgan fingerprint density at radius 2 is 1.36 bits per heavy atom. The minimum Gasteiger partial charge on any atom is -0.373 e. The zero-order valence-corrected chi connectivity index (χ0v) is 11.6. The topological polar surface area (TPSA) is 12.5 Å². The van der Waals surface area contributed by atoms with Gasteiger partial charge in [-0.05, 0) is 6.04 Å². The molecule has 1 unspecified atom stereocenters. The summed E-state index contributed by atoms with van der Waals surface area (Å²) in [6, 6.07) is 1.39. The molecule has 1 fully saturated rings. The van der Waals surface area contributed by atoms with Gasteiger partial charge in [0.15, 0.2) is 0 Å². The molecule has 2 heteroatoms. The van der Waals surface area contributed by atoms with Crippen LogP contribution in [0, 0.1) is 0 Å². The summed E-state index contributed by atoms with van der Waals surface area (Å²) in [5, 5.41) is 0. The molecule has 1 nitrogen and oxygen atoms in total. The molecule has 0 aromatic carbocycles. The molecule has 0 N–H and O–H groups in total. The van der Waals surface area contributed by atoms with Crippen LogP contribution >= 0.6 is 0 Å². The van der Waals surface area contributed by atoms with Gasteiger partial charge in [-0.25, -0.2) is 0 Å². The fourth-order valence-electron chi connectivity index (χ4n) is 3.29. The van der Waals surface area contributed by atoms with Crippen LogP contribution in [-0.2, 0) is 4.74 Å². The zero-order valence-electron chi connectivity index (χ0n) is 10.6. The fraction of sp³-hybridized carbons (Fsp3) is 1.00. The number of epoxide rings is 1. The lowest BCUT2D eigenvalue weighted by Crippen LogP contribution is -2.45. The highest BCUT2D eigenvalue weighted by Crippen LogP contribution is 2.46. The quantitative estimate of drug-likeness (QED) is 0.496. The molecular formula is C12H26OSi. The molecule has 14 heavy (non-hydrogen) atoms. The molecule has 0 aromatic rings. The Balaban J connectivity index is 2.81. The Morgan fingerprint density at radius 3 is 1.57 bits per heavy atom. The Hall–Kier alpha value is 0.177.